The van der Waals surface area contributed by atoms with E-state index < -0.39 is 0 Å². The number of nitrogens with two attached hydrogens (primary N) is 1. The maximum absolute atomic E-state index is 8.84. The van der Waals surface area contributed by atoms with Crippen LogP contribution >= 0.6 is 23.4 Å². The van der Waals surface area contributed by atoms with Gasteiger partial charge in [-0.1, -0.05) is 24.6 Å². The Balaban J connectivity index is 2.95. The molecule has 0 fully saturated rings. The smallest absolute Gasteiger partial charge is 0.125 e. The van der Waals surface area contributed by atoms with Gasteiger partial charge in [0.05, 0.1) is 5.02 Å². The first kappa shape index (κ1) is 13.4. The van der Waals surface area contributed by atoms with Crippen LogP contribution in [0.3, 0.4) is 0 Å². The molecule has 88 valence electrons. The number of aliphatic hydroxyl groups is 1. The largest absolute Gasteiger partial charge is 0.396 e. The summed E-state index contributed by atoms with van der Waals surface area (Å²) in [6, 6.07) is 5.45. The van der Waals surface area contributed by atoms with E-state index in [4.69, 9.17) is 27.9 Å². The highest BCUT2D eigenvalue weighted by Crippen LogP contribution is 2.31. The van der Waals surface area contributed by atoms with Gasteiger partial charge in [0.1, 0.15) is 5.84 Å². The van der Waals surface area contributed by atoms with Gasteiger partial charge < -0.3 is 10.8 Å². The minimum Gasteiger partial charge on any atom is -0.396 e. The average molecular weight is 259 g/mol. The summed E-state index contributed by atoms with van der Waals surface area (Å²) < 4.78 is 0. The van der Waals surface area contributed by atoms with Gasteiger partial charge in [-0.25, -0.2) is 0 Å². The lowest BCUT2D eigenvalue weighted by Crippen LogP contribution is -2.13. The van der Waals surface area contributed by atoms with E-state index in [1.54, 1.807) is 17.8 Å². The van der Waals surface area contributed by atoms with E-state index >= 15 is 0 Å². The fourth-order valence-corrected chi connectivity index (χ4v) is 2.81. The highest BCUT2D eigenvalue weighted by atomic mass is 35.5. The van der Waals surface area contributed by atoms with Gasteiger partial charge in [0.2, 0.25) is 0 Å². The van der Waals surface area contributed by atoms with Crippen LogP contribution in [0.4, 0.5) is 0 Å². The number of thioether (sulfide) groups is 1. The molecule has 1 aromatic rings. The van der Waals surface area contributed by atoms with E-state index in [1.165, 1.54) is 0 Å². The molecular formula is C11H15ClN2OS. The third-order valence-electron chi connectivity index (χ3n) is 2.11. The van der Waals surface area contributed by atoms with Crippen molar-refractivity contribution in [2.45, 2.75) is 23.5 Å². The van der Waals surface area contributed by atoms with Crippen molar-refractivity contribution in [3.05, 3.63) is 28.8 Å². The Morgan fingerprint density at radius 2 is 2.31 bits per heavy atom. The Kier molecular flexibility index (Phi) is 5.12. The average Bonchev–Trinajstić information content (AvgIpc) is 2.17. The lowest BCUT2D eigenvalue weighted by Gasteiger charge is -2.13. The van der Waals surface area contributed by atoms with Crippen LogP contribution in [0.2, 0.25) is 5.02 Å². The summed E-state index contributed by atoms with van der Waals surface area (Å²) >= 11 is 7.57. The predicted molar refractivity (Wildman–Crippen MR) is 69.5 cm³/mol. The fraction of sp³-hybridized carbons (Fsp3) is 0.364. The topological polar surface area (TPSA) is 70.1 Å². The zero-order valence-corrected chi connectivity index (χ0v) is 10.6. The number of hydrogen-bond donors (Lipinski definition) is 3. The highest BCUT2D eigenvalue weighted by Gasteiger charge is 2.12. The lowest BCUT2D eigenvalue weighted by molar-refractivity contribution is 0.289. The molecular weight excluding hydrogens is 244 g/mol. The van der Waals surface area contributed by atoms with Crippen molar-refractivity contribution in [1.29, 1.82) is 5.41 Å². The molecule has 0 saturated carbocycles. The number of nitrogen functional groups attached to an aromatic ring is 1. The van der Waals surface area contributed by atoms with Crippen LogP contribution < -0.4 is 5.73 Å². The van der Waals surface area contributed by atoms with E-state index in [-0.39, 0.29) is 17.7 Å². The molecule has 1 atom stereocenters. The van der Waals surface area contributed by atoms with Crippen LogP contribution in [-0.4, -0.2) is 22.8 Å². The number of hydrogen-bond acceptors (Lipinski definition) is 3. The zero-order chi connectivity index (χ0) is 12.1. The Bertz CT molecular complexity index is 384. The van der Waals surface area contributed by atoms with Crippen molar-refractivity contribution in [2.24, 2.45) is 5.73 Å². The molecule has 0 aliphatic carbocycles. The molecule has 4 N–H and O–H groups in total. The molecule has 16 heavy (non-hydrogen) atoms. The van der Waals surface area contributed by atoms with Crippen LogP contribution in [0.15, 0.2) is 23.1 Å². The molecule has 0 amide bonds. The number of aliphatic hydroxyl groups excluding tert-OH is 1. The number of rotatable bonds is 5. The monoisotopic (exact) mass is 258 g/mol. The minimum absolute atomic E-state index is 0.0238. The maximum atomic E-state index is 8.84. The van der Waals surface area contributed by atoms with E-state index in [9.17, 15) is 0 Å². The number of benzene rings is 1. The molecule has 0 heterocycles. The molecule has 0 radical (unpaired) electrons. The number of nitrogens with one attached hydrogen (secondary N) is 1. The summed E-state index contributed by atoms with van der Waals surface area (Å²) in [5, 5.41) is 17.1. The van der Waals surface area contributed by atoms with Crippen LogP contribution in [0, 0.1) is 5.41 Å². The van der Waals surface area contributed by atoms with Crippen molar-refractivity contribution >= 4 is 29.2 Å². The minimum atomic E-state index is -0.0238. The second-order valence-corrected chi connectivity index (χ2v) is 5.35. The Hall–Kier alpha value is -0.710. The molecule has 0 bridgehead atoms. The first-order valence-electron chi connectivity index (χ1n) is 4.96. The van der Waals surface area contributed by atoms with Gasteiger partial charge in [0, 0.05) is 22.3 Å². The fourth-order valence-electron chi connectivity index (χ4n) is 1.32. The standard InChI is InChI=1S/C11H15ClN2OS/c1-7(5-6-15)16-9-4-2-3-8(12)10(9)11(13)14/h2-4,7,15H,5-6H2,1H3,(H3,13,14). The summed E-state index contributed by atoms with van der Waals surface area (Å²) in [4.78, 5) is 0.890. The molecule has 0 saturated heterocycles. The predicted octanol–water partition coefficient (Wildman–Crippen LogP) is 2.49. The highest BCUT2D eigenvalue weighted by molar-refractivity contribution is 8.00. The molecule has 3 nitrogen and oxygen atoms in total. The van der Waals surface area contributed by atoms with Crippen LogP contribution in [0.5, 0.6) is 0 Å². The zero-order valence-electron chi connectivity index (χ0n) is 9.03. The Labute approximate surface area is 105 Å². The first-order valence-corrected chi connectivity index (χ1v) is 6.22. The van der Waals surface area contributed by atoms with E-state index in [2.05, 4.69) is 0 Å². The molecule has 1 rings (SSSR count). The Morgan fingerprint density at radius 1 is 1.62 bits per heavy atom. The van der Waals surface area contributed by atoms with Crippen molar-refractivity contribution < 1.29 is 5.11 Å². The summed E-state index contributed by atoms with van der Waals surface area (Å²) in [6.07, 6.45) is 0.703. The molecule has 0 aliphatic heterocycles. The summed E-state index contributed by atoms with van der Waals surface area (Å²) in [7, 11) is 0. The molecule has 0 spiro atoms. The Morgan fingerprint density at radius 3 is 2.88 bits per heavy atom. The summed E-state index contributed by atoms with van der Waals surface area (Å²) in [5.41, 5.74) is 6.08. The van der Waals surface area contributed by atoms with Gasteiger partial charge >= 0.3 is 0 Å². The quantitative estimate of drug-likeness (QED) is 0.432. The SMILES string of the molecule is CC(CCO)Sc1cccc(Cl)c1C(=N)N. The van der Waals surface area contributed by atoms with Gasteiger partial charge in [0.25, 0.3) is 0 Å². The second-order valence-electron chi connectivity index (χ2n) is 3.47. The maximum Gasteiger partial charge on any atom is 0.125 e. The van der Waals surface area contributed by atoms with Gasteiger partial charge in [-0.2, -0.15) is 0 Å². The van der Waals surface area contributed by atoms with Crippen molar-refractivity contribution in [3.8, 4) is 0 Å². The third kappa shape index (κ3) is 3.40. The number of halogens is 1. The van der Waals surface area contributed by atoms with Gasteiger partial charge in [-0.3, -0.25) is 5.41 Å². The lowest BCUT2D eigenvalue weighted by atomic mass is 10.2. The van der Waals surface area contributed by atoms with Crippen molar-refractivity contribution in [1.82, 2.24) is 0 Å². The van der Waals surface area contributed by atoms with E-state index in [0.717, 1.165) is 4.90 Å². The van der Waals surface area contributed by atoms with Crippen LogP contribution in [-0.2, 0) is 0 Å². The van der Waals surface area contributed by atoms with Crippen LogP contribution in [0.25, 0.3) is 0 Å². The van der Waals surface area contributed by atoms with E-state index in [0.29, 0.717) is 17.0 Å². The molecule has 1 aromatic carbocycles. The molecule has 1 unspecified atom stereocenters. The molecule has 0 aromatic heterocycles. The number of amidine groups is 1. The summed E-state index contributed by atoms with van der Waals surface area (Å²) in [5.74, 6) is -0.0238. The first-order chi connectivity index (χ1) is 7.56. The van der Waals surface area contributed by atoms with Crippen LogP contribution in [0.1, 0.15) is 18.9 Å². The van der Waals surface area contributed by atoms with Gasteiger partial charge in [-0.15, -0.1) is 11.8 Å². The third-order valence-corrected chi connectivity index (χ3v) is 3.66. The van der Waals surface area contributed by atoms with Gasteiger partial charge in [-0.05, 0) is 18.6 Å². The van der Waals surface area contributed by atoms with Gasteiger partial charge in [0.15, 0.2) is 0 Å². The molecule has 0 aliphatic rings. The van der Waals surface area contributed by atoms with Crippen molar-refractivity contribution in [3.63, 3.8) is 0 Å². The van der Waals surface area contributed by atoms with E-state index in [1.807, 2.05) is 19.1 Å². The second kappa shape index (κ2) is 6.13. The van der Waals surface area contributed by atoms with Crippen molar-refractivity contribution in [2.75, 3.05) is 6.61 Å². The normalized spacial score (nSPS) is 12.4. The summed E-state index contributed by atoms with van der Waals surface area (Å²) in [6.45, 7) is 2.18. The molecule has 5 heteroatoms.